The second kappa shape index (κ2) is 5.25. The molecule has 3 heteroatoms. The Morgan fingerprint density at radius 1 is 1.20 bits per heavy atom. The van der Waals surface area contributed by atoms with Crippen molar-refractivity contribution in [1.29, 1.82) is 0 Å². The number of hydrogen-bond donors (Lipinski definition) is 2. The zero-order valence-corrected chi connectivity index (χ0v) is 11.5. The SMILES string of the molecule is Nc1cccc(C(O)(CCC2CC2)c2cccnc2)c1. The van der Waals surface area contributed by atoms with Gasteiger partial charge in [-0.05, 0) is 42.5 Å². The Morgan fingerprint density at radius 2 is 2.00 bits per heavy atom. The van der Waals surface area contributed by atoms with Crippen LogP contribution >= 0.6 is 0 Å². The quantitative estimate of drug-likeness (QED) is 0.819. The van der Waals surface area contributed by atoms with Gasteiger partial charge >= 0.3 is 0 Å². The number of aromatic nitrogens is 1. The summed E-state index contributed by atoms with van der Waals surface area (Å²) in [5.41, 5.74) is 7.25. The van der Waals surface area contributed by atoms with Crippen molar-refractivity contribution >= 4 is 5.69 Å². The van der Waals surface area contributed by atoms with Gasteiger partial charge in [0, 0.05) is 23.6 Å². The Kier molecular flexibility index (Phi) is 3.45. The first-order chi connectivity index (χ1) is 9.68. The molecule has 1 aromatic carbocycles. The van der Waals surface area contributed by atoms with Crippen molar-refractivity contribution in [3.05, 3.63) is 59.9 Å². The highest BCUT2D eigenvalue weighted by molar-refractivity contribution is 5.45. The molecule has 2 aromatic rings. The highest BCUT2D eigenvalue weighted by Crippen LogP contribution is 2.41. The summed E-state index contributed by atoms with van der Waals surface area (Å²) >= 11 is 0. The van der Waals surface area contributed by atoms with Gasteiger partial charge in [0.25, 0.3) is 0 Å². The van der Waals surface area contributed by atoms with Gasteiger partial charge in [0.15, 0.2) is 0 Å². The fourth-order valence-electron chi connectivity index (χ4n) is 2.68. The molecule has 20 heavy (non-hydrogen) atoms. The number of pyridine rings is 1. The van der Waals surface area contributed by atoms with Crippen LogP contribution in [0.15, 0.2) is 48.8 Å². The van der Waals surface area contributed by atoms with Crippen LogP contribution in [0.4, 0.5) is 5.69 Å². The zero-order chi connectivity index (χ0) is 14.0. The topological polar surface area (TPSA) is 59.1 Å². The van der Waals surface area contributed by atoms with Crippen molar-refractivity contribution in [2.24, 2.45) is 5.92 Å². The summed E-state index contributed by atoms with van der Waals surface area (Å²) in [5.74, 6) is 0.777. The maximum atomic E-state index is 11.3. The molecule has 0 aliphatic heterocycles. The largest absolute Gasteiger partial charge is 0.399 e. The van der Waals surface area contributed by atoms with E-state index in [0.717, 1.165) is 23.5 Å². The van der Waals surface area contributed by atoms with E-state index in [4.69, 9.17) is 5.73 Å². The van der Waals surface area contributed by atoms with Crippen LogP contribution in [-0.2, 0) is 5.60 Å². The first-order valence-corrected chi connectivity index (χ1v) is 7.17. The number of hydrogen-bond acceptors (Lipinski definition) is 3. The lowest BCUT2D eigenvalue weighted by molar-refractivity contribution is 0.0667. The number of nitrogens with two attached hydrogens (primary N) is 1. The Hall–Kier alpha value is -1.87. The predicted molar refractivity (Wildman–Crippen MR) is 80.0 cm³/mol. The standard InChI is InChI=1S/C17H20N2O/c18-16-5-1-3-14(11-16)17(20,9-8-13-6-7-13)15-4-2-10-19-12-15/h1-5,10-13,20H,6-9,18H2. The van der Waals surface area contributed by atoms with E-state index in [-0.39, 0.29) is 0 Å². The van der Waals surface area contributed by atoms with Gasteiger partial charge in [0.05, 0.1) is 0 Å². The third-order valence-corrected chi connectivity index (χ3v) is 4.11. The Balaban J connectivity index is 1.97. The van der Waals surface area contributed by atoms with Gasteiger partial charge in [-0.2, -0.15) is 0 Å². The molecule has 0 amide bonds. The number of anilines is 1. The van der Waals surface area contributed by atoms with E-state index in [1.807, 2.05) is 36.4 Å². The third-order valence-electron chi connectivity index (χ3n) is 4.11. The summed E-state index contributed by atoms with van der Waals surface area (Å²) in [6.07, 6.45) is 7.81. The first kappa shape index (κ1) is 13.1. The molecule has 0 bridgehead atoms. The Morgan fingerprint density at radius 3 is 2.65 bits per heavy atom. The lowest BCUT2D eigenvalue weighted by atomic mass is 9.82. The summed E-state index contributed by atoms with van der Waals surface area (Å²) in [7, 11) is 0. The highest BCUT2D eigenvalue weighted by atomic mass is 16.3. The van der Waals surface area contributed by atoms with Crippen LogP contribution in [0.25, 0.3) is 0 Å². The van der Waals surface area contributed by atoms with Crippen molar-refractivity contribution in [3.8, 4) is 0 Å². The molecule has 1 heterocycles. The summed E-state index contributed by atoms with van der Waals surface area (Å²) in [5, 5.41) is 11.3. The van der Waals surface area contributed by atoms with Crippen molar-refractivity contribution in [2.45, 2.75) is 31.3 Å². The Labute approximate surface area is 119 Å². The average Bonchev–Trinajstić information content (AvgIpc) is 3.30. The molecule has 3 nitrogen and oxygen atoms in total. The number of nitrogens with zero attached hydrogens (tertiary/aromatic N) is 1. The minimum Gasteiger partial charge on any atom is -0.399 e. The van der Waals surface area contributed by atoms with Crippen LogP contribution in [0.2, 0.25) is 0 Å². The predicted octanol–water partition coefficient (Wildman–Crippen LogP) is 3.09. The van der Waals surface area contributed by atoms with Crippen molar-refractivity contribution in [2.75, 3.05) is 5.73 Å². The van der Waals surface area contributed by atoms with Gasteiger partial charge in [0.2, 0.25) is 0 Å². The lowest BCUT2D eigenvalue weighted by Gasteiger charge is -2.29. The van der Waals surface area contributed by atoms with E-state index in [1.54, 1.807) is 12.4 Å². The van der Waals surface area contributed by atoms with Crippen LogP contribution in [0, 0.1) is 5.92 Å². The smallest absolute Gasteiger partial charge is 0.116 e. The summed E-state index contributed by atoms with van der Waals surface area (Å²) in [6.45, 7) is 0. The molecule has 1 saturated carbocycles. The third kappa shape index (κ3) is 2.68. The summed E-state index contributed by atoms with van der Waals surface area (Å²) in [6, 6.07) is 11.3. The molecule has 0 spiro atoms. The van der Waals surface area contributed by atoms with E-state index in [9.17, 15) is 5.11 Å². The molecular formula is C17H20N2O. The number of benzene rings is 1. The molecule has 3 N–H and O–H groups in total. The molecule has 1 unspecified atom stereocenters. The lowest BCUT2D eigenvalue weighted by Crippen LogP contribution is -2.27. The number of rotatable bonds is 5. The normalized spacial score (nSPS) is 17.6. The van der Waals surface area contributed by atoms with E-state index in [2.05, 4.69) is 4.98 Å². The molecule has 1 fully saturated rings. The van der Waals surface area contributed by atoms with Crippen LogP contribution in [0.3, 0.4) is 0 Å². The molecule has 0 radical (unpaired) electrons. The maximum absolute atomic E-state index is 11.3. The summed E-state index contributed by atoms with van der Waals surface area (Å²) < 4.78 is 0. The van der Waals surface area contributed by atoms with Crippen LogP contribution in [0.5, 0.6) is 0 Å². The van der Waals surface area contributed by atoms with Gasteiger partial charge in [-0.1, -0.05) is 31.0 Å². The molecule has 1 aliphatic rings. The second-order valence-corrected chi connectivity index (χ2v) is 5.71. The Bertz CT molecular complexity index is 581. The number of aliphatic hydroxyl groups is 1. The average molecular weight is 268 g/mol. The van der Waals surface area contributed by atoms with Crippen molar-refractivity contribution < 1.29 is 5.11 Å². The van der Waals surface area contributed by atoms with Crippen molar-refractivity contribution in [1.82, 2.24) is 4.98 Å². The van der Waals surface area contributed by atoms with Crippen LogP contribution in [-0.4, -0.2) is 10.1 Å². The van der Waals surface area contributed by atoms with Crippen molar-refractivity contribution in [3.63, 3.8) is 0 Å². The second-order valence-electron chi connectivity index (χ2n) is 5.71. The zero-order valence-electron chi connectivity index (χ0n) is 11.5. The van der Waals surface area contributed by atoms with Gasteiger partial charge in [-0.25, -0.2) is 0 Å². The van der Waals surface area contributed by atoms with E-state index in [0.29, 0.717) is 12.1 Å². The van der Waals surface area contributed by atoms with Gasteiger partial charge in [0.1, 0.15) is 5.60 Å². The molecule has 3 rings (SSSR count). The molecule has 1 aliphatic carbocycles. The van der Waals surface area contributed by atoms with Gasteiger partial charge < -0.3 is 10.8 Å². The van der Waals surface area contributed by atoms with Gasteiger partial charge in [-0.3, -0.25) is 4.98 Å². The van der Waals surface area contributed by atoms with Crippen LogP contribution in [0.1, 0.15) is 36.8 Å². The molecule has 1 aromatic heterocycles. The fourth-order valence-corrected chi connectivity index (χ4v) is 2.68. The van der Waals surface area contributed by atoms with E-state index in [1.165, 1.54) is 12.8 Å². The maximum Gasteiger partial charge on any atom is 0.116 e. The molecule has 1 atom stereocenters. The monoisotopic (exact) mass is 268 g/mol. The fraction of sp³-hybridized carbons (Fsp3) is 0.353. The summed E-state index contributed by atoms with van der Waals surface area (Å²) in [4.78, 5) is 4.15. The van der Waals surface area contributed by atoms with Gasteiger partial charge in [-0.15, -0.1) is 0 Å². The minimum atomic E-state index is -0.994. The van der Waals surface area contributed by atoms with E-state index >= 15 is 0 Å². The molecule has 0 saturated heterocycles. The molecule has 104 valence electrons. The first-order valence-electron chi connectivity index (χ1n) is 7.17. The van der Waals surface area contributed by atoms with Crippen LogP contribution < -0.4 is 5.73 Å². The molecular weight excluding hydrogens is 248 g/mol. The minimum absolute atomic E-state index is 0.677. The highest BCUT2D eigenvalue weighted by Gasteiger charge is 2.34. The number of nitrogen functional groups attached to an aromatic ring is 1. The van der Waals surface area contributed by atoms with E-state index < -0.39 is 5.60 Å².